The first-order valence-corrected chi connectivity index (χ1v) is 5.05. The molecule has 3 nitrogen and oxygen atoms in total. The van der Waals surface area contributed by atoms with Crippen molar-refractivity contribution in [2.75, 3.05) is 0 Å². The number of carbonyl (C=O) groups excluding carboxylic acids is 1. The van der Waals surface area contributed by atoms with Gasteiger partial charge in [-0.2, -0.15) is 0 Å². The second-order valence-electron chi connectivity index (χ2n) is 5.06. The molecule has 0 heterocycles. The summed E-state index contributed by atoms with van der Waals surface area (Å²) in [6, 6.07) is 0. The molecule has 0 radical (unpaired) electrons. The van der Waals surface area contributed by atoms with Gasteiger partial charge >= 0.3 is 5.97 Å². The normalized spacial score (nSPS) is 29.8. The molecule has 1 N–H and O–H groups in total. The van der Waals surface area contributed by atoms with Crippen molar-refractivity contribution in [1.82, 2.24) is 0 Å². The number of aliphatic carboxylic acids is 1. The number of ketones is 1. The van der Waals surface area contributed by atoms with Crippen molar-refractivity contribution in [3.8, 4) is 0 Å². The van der Waals surface area contributed by atoms with E-state index in [1.54, 1.807) is 0 Å². The summed E-state index contributed by atoms with van der Waals surface area (Å²) in [7, 11) is 0. The second-order valence-corrected chi connectivity index (χ2v) is 5.06. The highest BCUT2D eigenvalue weighted by atomic mass is 16.4. The molecule has 1 rings (SSSR count). The van der Waals surface area contributed by atoms with Crippen LogP contribution in [0.15, 0.2) is 0 Å². The first kappa shape index (κ1) is 11.2. The van der Waals surface area contributed by atoms with Crippen LogP contribution in [0.3, 0.4) is 0 Å². The van der Waals surface area contributed by atoms with E-state index in [9.17, 15) is 9.59 Å². The molecule has 1 saturated carbocycles. The fraction of sp³-hybridized carbons (Fsp3) is 0.818. The summed E-state index contributed by atoms with van der Waals surface area (Å²) in [5, 5.41) is 8.90. The summed E-state index contributed by atoms with van der Waals surface area (Å²) in [6.07, 6.45) is 0.513. The van der Waals surface area contributed by atoms with Gasteiger partial charge in [0.05, 0.1) is 5.92 Å². The van der Waals surface area contributed by atoms with Gasteiger partial charge < -0.3 is 5.11 Å². The number of carbonyl (C=O) groups is 2. The van der Waals surface area contributed by atoms with Crippen molar-refractivity contribution in [2.24, 2.45) is 23.2 Å². The van der Waals surface area contributed by atoms with Crippen molar-refractivity contribution in [3.63, 3.8) is 0 Å². The Hall–Kier alpha value is -0.860. The highest BCUT2D eigenvalue weighted by molar-refractivity contribution is 5.87. The fourth-order valence-corrected chi connectivity index (χ4v) is 2.23. The minimum atomic E-state index is -0.775. The highest BCUT2D eigenvalue weighted by Crippen LogP contribution is 2.52. The monoisotopic (exact) mass is 198 g/mol. The van der Waals surface area contributed by atoms with E-state index in [-0.39, 0.29) is 29.0 Å². The van der Waals surface area contributed by atoms with Crippen LogP contribution in [0.2, 0.25) is 0 Å². The quantitative estimate of drug-likeness (QED) is 0.754. The third-order valence-corrected chi connectivity index (χ3v) is 3.48. The lowest BCUT2D eigenvalue weighted by Crippen LogP contribution is -2.53. The molecule has 1 fully saturated rings. The van der Waals surface area contributed by atoms with Crippen molar-refractivity contribution < 1.29 is 14.7 Å². The summed E-state index contributed by atoms with van der Waals surface area (Å²) in [5.41, 5.74) is -0.368. The Labute approximate surface area is 84.5 Å². The van der Waals surface area contributed by atoms with E-state index in [1.807, 2.05) is 27.7 Å². The van der Waals surface area contributed by atoms with Crippen molar-refractivity contribution in [1.29, 1.82) is 0 Å². The molecular formula is C11H18O3. The van der Waals surface area contributed by atoms with Gasteiger partial charge in [-0.15, -0.1) is 0 Å². The number of hydrogen-bond donors (Lipinski definition) is 1. The van der Waals surface area contributed by atoms with Gasteiger partial charge in [-0.1, -0.05) is 27.7 Å². The predicted octanol–water partition coefficient (Wildman–Crippen LogP) is 1.96. The molecule has 14 heavy (non-hydrogen) atoms. The van der Waals surface area contributed by atoms with E-state index < -0.39 is 5.97 Å². The van der Waals surface area contributed by atoms with E-state index in [4.69, 9.17) is 5.11 Å². The van der Waals surface area contributed by atoms with Crippen LogP contribution in [0.1, 0.15) is 34.1 Å². The van der Waals surface area contributed by atoms with Crippen LogP contribution in [-0.4, -0.2) is 16.9 Å². The third kappa shape index (κ3) is 1.56. The van der Waals surface area contributed by atoms with Crippen LogP contribution in [-0.2, 0) is 9.59 Å². The summed E-state index contributed by atoms with van der Waals surface area (Å²) in [4.78, 5) is 22.5. The molecule has 0 aromatic rings. The summed E-state index contributed by atoms with van der Waals surface area (Å²) in [5.74, 6) is -0.983. The molecule has 1 aliphatic rings. The lowest BCUT2D eigenvalue weighted by Gasteiger charge is -2.49. The largest absolute Gasteiger partial charge is 0.481 e. The SMILES string of the molecule is CC(C)C(=O)C1CC(C(=O)O)C1(C)C. The maximum Gasteiger partial charge on any atom is 0.307 e. The van der Waals surface area contributed by atoms with Crippen LogP contribution < -0.4 is 0 Å². The molecular weight excluding hydrogens is 180 g/mol. The smallest absolute Gasteiger partial charge is 0.307 e. The molecule has 0 saturated heterocycles. The first-order valence-electron chi connectivity index (χ1n) is 5.05. The Bertz CT molecular complexity index is 266. The average Bonchev–Trinajstić information content (AvgIpc) is 2.01. The topological polar surface area (TPSA) is 54.4 Å². The predicted molar refractivity (Wildman–Crippen MR) is 52.9 cm³/mol. The van der Waals surface area contributed by atoms with Gasteiger partial charge in [0.25, 0.3) is 0 Å². The van der Waals surface area contributed by atoms with E-state index >= 15 is 0 Å². The fourth-order valence-electron chi connectivity index (χ4n) is 2.23. The Morgan fingerprint density at radius 2 is 1.79 bits per heavy atom. The van der Waals surface area contributed by atoms with Gasteiger partial charge in [0, 0.05) is 11.8 Å². The van der Waals surface area contributed by atoms with Crippen LogP contribution in [0.4, 0.5) is 0 Å². The standard InChI is InChI=1S/C11H18O3/c1-6(2)9(12)7-5-8(10(13)14)11(7,3)4/h6-8H,5H2,1-4H3,(H,13,14). The number of carboxylic acid groups (broad SMARTS) is 1. The van der Waals surface area contributed by atoms with Crippen LogP contribution >= 0.6 is 0 Å². The van der Waals surface area contributed by atoms with Crippen molar-refractivity contribution in [2.45, 2.75) is 34.1 Å². The maximum atomic E-state index is 11.7. The zero-order valence-electron chi connectivity index (χ0n) is 9.20. The Balaban J connectivity index is 2.72. The van der Waals surface area contributed by atoms with Crippen LogP contribution in [0, 0.1) is 23.2 Å². The number of Topliss-reactive ketones (excluding diaryl/α,β-unsaturated/α-hetero) is 1. The molecule has 1 aliphatic carbocycles. The van der Waals surface area contributed by atoms with Gasteiger partial charge in [-0.25, -0.2) is 0 Å². The van der Waals surface area contributed by atoms with E-state index in [0.29, 0.717) is 6.42 Å². The molecule has 0 aromatic carbocycles. The summed E-state index contributed by atoms with van der Waals surface area (Å²) >= 11 is 0. The molecule has 0 aliphatic heterocycles. The number of hydrogen-bond acceptors (Lipinski definition) is 2. The van der Waals surface area contributed by atoms with Gasteiger partial charge in [0.2, 0.25) is 0 Å². The lowest BCUT2D eigenvalue weighted by atomic mass is 9.52. The molecule has 3 heteroatoms. The average molecular weight is 198 g/mol. The molecule has 0 spiro atoms. The summed E-state index contributed by atoms with van der Waals surface area (Å²) in [6.45, 7) is 7.49. The minimum Gasteiger partial charge on any atom is -0.481 e. The van der Waals surface area contributed by atoms with E-state index in [1.165, 1.54) is 0 Å². The zero-order valence-corrected chi connectivity index (χ0v) is 9.20. The number of rotatable bonds is 3. The minimum absolute atomic E-state index is 0.00835. The molecule has 2 unspecified atom stereocenters. The van der Waals surface area contributed by atoms with Crippen LogP contribution in [0.25, 0.3) is 0 Å². The first-order chi connectivity index (χ1) is 6.28. The van der Waals surface area contributed by atoms with E-state index in [0.717, 1.165) is 0 Å². The maximum absolute atomic E-state index is 11.7. The summed E-state index contributed by atoms with van der Waals surface area (Å²) < 4.78 is 0. The zero-order chi connectivity index (χ0) is 11.1. The van der Waals surface area contributed by atoms with Crippen molar-refractivity contribution >= 4 is 11.8 Å². The van der Waals surface area contributed by atoms with Gasteiger partial charge in [0.1, 0.15) is 5.78 Å². The Morgan fingerprint density at radius 3 is 2.07 bits per heavy atom. The molecule has 0 aromatic heterocycles. The van der Waals surface area contributed by atoms with Crippen molar-refractivity contribution in [3.05, 3.63) is 0 Å². The number of carboxylic acids is 1. The second kappa shape index (κ2) is 3.37. The molecule has 2 atom stereocenters. The lowest BCUT2D eigenvalue weighted by molar-refractivity contribution is -0.163. The van der Waals surface area contributed by atoms with Gasteiger partial charge in [0.15, 0.2) is 0 Å². The Morgan fingerprint density at radius 1 is 1.29 bits per heavy atom. The molecule has 80 valence electrons. The Kier molecular flexibility index (Phi) is 2.70. The van der Waals surface area contributed by atoms with Crippen LogP contribution in [0.5, 0.6) is 0 Å². The van der Waals surface area contributed by atoms with Gasteiger partial charge in [-0.05, 0) is 11.8 Å². The third-order valence-electron chi connectivity index (χ3n) is 3.48. The highest BCUT2D eigenvalue weighted by Gasteiger charge is 2.54. The molecule has 0 amide bonds. The van der Waals surface area contributed by atoms with Gasteiger partial charge in [-0.3, -0.25) is 9.59 Å². The molecule has 0 bridgehead atoms. The van der Waals surface area contributed by atoms with E-state index in [2.05, 4.69) is 0 Å².